The van der Waals surface area contributed by atoms with Gasteiger partial charge in [0.05, 0.1) is 21.0 Å². The number of hydrogen-bond donors (Lipinski definition) is 4. The molecule has 0 amide bonds. The summed E-state index contributed by atoms with van der Waals surface area (Å²) in [6, 6.07) is 18.6. The van der Waals surface area contributed by atoms with E-state index in [1.165, 1.54) is 0 Å². The van der Waals surface area contributed by atoms with Crippen LogP contribution in [0.15, 0.2) is 73.2 Å². The Bertz CT molecular complexity index is 1570. The number of nitrogens with zero attached hydrogens (tertiary/aromatic N) is 4. The van der Waals surface area contributed by atoms with E-state index in [-0.39, 0.29) is 0 Å². The number of anilines is 1. The predicted octanol–water partition coefficient (Wildman–Crippen LogP) is 5.13. The van der Waals surface area contributed by atoms with Gasteiger partial charge in [0.1, 0.15) is 10.0 Å². The van der Waals surface area contributed by atoms with Crippen molar-refractivity contribution in [3.63, 3.8) is 0 Å². The van der Waals surface area contributed by atoms with Crippen molar-refractivity contribution in [2.75, 3.05) is 18.4 Å². The van der Waals surface area contributed by atoms with Gasteiger partial charge in [0.25, 0.3) is 0 Å². The maximum Gasteiger partial charge on any atom is 0.222 e. The van der Waals surface area contributed by atoms with Crippen LogP contribution >= 0.6 is 22.7 Å². The van der Waals surface area contributed by atoms with Crippen molar-refractivity contribution in [2.45, 2.75) is 30.9 Å². The summed E-state index contributed by atoms with van der Waals surface area (Å²) in [5.74, 6) is 0.548. The number of hydrogen-bond acceptors (Lipinski definition) is 10. The van der Waals surface area contributed by atoms with Crippen molar-refractivity contribution in [3.8, 4) is 42.2 Å². The quantitative estimate of drug-likeness (QED) is 0.207. The maximum absolute atomic E-state index is 10.2. The lowest BCUT2D eigenvalue weighted by Gasteiger charge is -2.49. The molecule has 198 valence electrons. The van der Waals surface area contributed by atoms with Crippen LogP contribution in [0.5, 0.6) is 0 Å². The summed E-state index contributed by atoms with van der Waals surface area (Å²) in [5.41, 5.74) is 15.9. The smallest absolute Gasteiger partial charge is 0.222 e. The lowest BCUT2D eigenvalue weighted by atomic mass is 9.63. The lowest BCUT2D eigenvalue weighted by Crippen LogP contribution is -2.58. The van der Waals surface area contributed by atoms with E-state index in [1.807, 2.05) is 31.3 Å². The van der Waals surface area contributed by atoms with Gasteiger partial charge in [0, 0.05) is 48.3 Å². The van der Waals surface area contributed by atoms with Gasteiger partial charge in [-0.3, -0.25) is 0 Å². The molecule has 1 saturated carbocycles. The van der Waals surface area contributed by atoms with Gasteiger partial charge in [-0.15, -0.1) is 22.7 Å². The van der Waals surface area contributed by atoms with Crippen LogP contribution in [0.4, 0.5) is 5.95 Å². The lowest BCUT2D eigenvalue weighted by molar-refractivity contribution is -0.0738. The highest BCUT2D eigenvalue weighted by atomic mass is 32.1. The van der Waals surface area contributed by atoms with Gasteiger partial charge in [0.2, 0.25) is 5.95 Å². The SMILES string of the molecule is C[C@]1(O)C[C@](N)(c2ccc(-c3nc(-c4cnc(-c5cnc(NCCN)nc5)s4)sc3-c3ccccc3)cc2)C1. The normalized spacial score (nSPS) is 20.5. The molecule has 6 rings (SSSR count). The highest BCUT2D eigenvalue weighted by molar-refractivity contribution is 7.25. The minimum Gasteiger partial charge on any atom is -0.390 e. The fraction of sp³-hybridized carbons (Fsp3) is 0.241. The van der Waals surface area contributed by atoms with Crippen LogP contribution in [0.1, 0.15) is 25.3 Å². The van der Waals surface area contributed by atoms with Crippen LogP contribution in [0.3, 0.4) is 0 Å². The second-order valence-electron chi connectivity index (χ2n) is 10.2. The molecule has 39 heavy (non-hydrogen) atoms. The van der Waals surface area contributed by atoms with Gasteiger partial charge in [-0.1, -0.05) is 54.6 Å². The van der Waals surface area contributed by atoms with Gasteiger partial charge in [-0.05, 0) is 30.9 Å². The van der Waals surface area contributed by atoms with Gasteiger partial charge in [0.15, 0.2) is 0 Å². The minimum atomic E-state index is -0.694. The summed E-state index contributed by atoms with van der Waals surface area (Å²) < 4.78 is 0. The highest BCUT2D eigenvalue weighted by Crippen LogP contribution is 2.47. The van der Waals surface area contributed by atoms with Crippen LogP contribution in [-0.4, -0.2) is 43.7 Å². The molecule has 1 aliphatic carbocycles. The third-order valence-corrected chi connectivity index (χ3v) is 9.15. The molecule has 3 aromatic heterocycles. The van der Waals surface area contributed by atoms with Crippen LogP contribution in [0.2, 0.25) is 0 Å². The average molecular weight is 556 g/mol. The monoisotopic (exact) mass is 555 g/mol. The molecule has 10 heteroatoms. The van der Waals surface area contributed by atoms with Crippen LogP contribution < -0.4 is 16.8 Å². The Morgan fingerprint density at radius 1 is 0.872 bits per heavy atom. The molecule has 3 heterocycles. The van der Waals surface area contributed by atoms with Gasteiger partial charge in [-0.2, -0.15) is 0 Å². The number of thiazole rings is 2. The summed E-state index contributed by atoms with van der Waals surface area (Å²) in [7, 11) is 0. The van der Waals surface area contributed by atoms with Crippen LogP contribution in [0.25, 0.3) is 42.2 Å². The van der Waals surface area contributed by atoms with Crippen molar-refractivity contribution in [1.29, 1.82) is 0 Å². The Labute approximate surface area is 234 Å². The van der Waals surface area contributed by atoms with E-state index < -0.39 is 11.1 Å². The van der Waals surface area contributed by atoms with Crippen molar-refractivity contribution < 1.29 is 5.11 Å². The molecule has 5 aromatic rings. The molecule has 8 nitrogen and oxygen atoms in total. The van der Waals surface area contributed by atoms with E-state index in [0.29, 0.717) is 31.9 Å². The second kappa shape index (κ2) is 10.2. The third kappa shape index (κ3) is 5.21. The largest absolute Gasteiger partial charge is 0.390 e. The van der Waals surface area contributed by atoms with Gasteiger partial charge >= 0.3 is 0 Å². The van der Waals surface area contributed by atoms with Crippen LogP contribution in [0, 0.1) is 0 Å². The van der Waals surface area contributed by atoms with Crippen molar-refractivity contribution in [1.82, 2.24) is 19.9 Å². The molecule has 0 saturated heterocycles. The average Bonchev–Trinajstić information content (AvgIpc) is 3.60. The predicted molar refractivity (Wildman–Crippen MR) is 158 cm³/mol. The Morgan fingerprint density at radius 3 is 2.26 bits per heavy atom. The van der Waals surface area contributed by atoms with E-state index in [1.54, 1.807) is 35.1 Å². The summed E-state index contributed by atoms with van der Waals surface area (Å²) in [5, 5.41) is 15.0. The molecule has 0 radical (unpaired) electrons. The molecule has 0 atom stereocenters. The van der Waals surface area contributed by atoms with E-state index >= 15 is 0 Å². The number of nitrogens with one attached hydrogen (secondary N) is 1. The first-order valence-corrected chi connectivity index (χ1v) is 14.4. The molecule has 1 aliphatic rings. The fourth-order valence-electron chi connectivity index (χ4n) is 5.10. The molecule has 0 unspecified atom stereocenters. The summed E-state index contributed by atoms with van der Waals surface area (Å²) >= 11 is 3.22. The zero-order valence-electron chi connectivity index (χ0n) is 21.5. The van der Waals surface area contributed by atoms with E-state index in [9.17, 15) is 5.11 Å². The standard InChI is InChI=1S/C29H29N7OS2/c1-28(37)16-29(31,17-28)21-9-7-18(8-10-21)23-24(19-5-3-2-4-6-19)39-26(36-23)22-15-33-25(38-22)20-13-34-27(35-14-20)32-12-11-30/h2-10,13-15,37H,11-12,16-17,30-31H2,1H3,(H,32,34,35)/t28-,29+. The van der Waals surface area contributed by atoms with Crippen LogP contribution in [-0.2, 0) is 5.54 Å². The summed E-state index contributed by atoms with van der Waals surface area (Å²) in [6.07, 6.45) is 6.51. The van der Waals surface area contributed by atoms with E-state index in [0.717, 1.165) is 47.7 Å². The first kappa shape index (κ1) is 25.7. The number of aliphatic hydroxyl groups is 1. The molecule has 0 aliphatic heterocycles. The summed E-state index contributed by atoms with van der Waals surface area (Å²) in [4.78, 5) is 20.5. The van der Waals surface area contributed by atoms with Crippen molar-refractivity contribution in [2.24, 2.45) is 11.5 Å². The Hall–Kier alpha value is -3.54. The Balaban J connectivity index is 1.32. The van der Waals surface area contributed by atoms with E-state index in [2.05, 4.69) is 56.7 Å². The molecule has 2 aromatic carbocycles. The molecular formula is C29H29N7OS2. The van der Waals surface area contributed by atoms with Crippen molar-refractivity contribution >= 4 is 28.6 Å². The Kier molecular flexibility index (Phi) is 6.74. The first-order valence-electron chi connectivity index (χ1n) is 12.7. The van der Waals surface area contributed by atoms with Crippen molar-refractivity contribution in [3.05, 3.63) is 78.8 Å². The fourth-order valence-corrected chi connectivity index (χ4v) is 7.12. The van der Waals surface area contributed by atoms with E-state index in [4.69, 9.17) is 16.5 Å². The number of aromatic nitrogens is 4. The van der Waals surface area contributed by atoms with Gasteiger partial charge in [-0.25, -0.2) is 19.9 Å². The zero-order valence-corrected chi connectivity index (χ0v) is 23.1. The molecular weight excluding hydrogens is 527 g/mol. The third-order valence-electron chi connectivity index (χ3n) is 6.83. The van der Waals surface area contributed by atoms with Gasteiger partial charge < -0.3 is 21.9 Å². The number of benzene rings is 2. The molecule has 0 bridgehead atoms. The topological polar surface area (TPSA) is 136 Å². The molecule has 1 fully saturated rings. The first-order chi connectivity index (χ1) is 18.8. The minimum absolute atomic E-state index is 0.487. The Morgan fingerprint density at radius 2 is 1.59 bits per heavy atom. The molecule has 0 spiro atoms. The highest BCUT2D eigenvalue weighted by Gasteiger charge is 2.49. The second-order valence-corrected chi connectivity index (χ2v) is 12.2. The maximum atomic E-state index is 10.2. The summed E-state index contributed by atoms with van der Waals surface area (Å²) in [6.45, 7) is 2.97. The zero-order chi connectivity index (χ0) is 27.0. The number of rotatable bonds is 8. The molecule has 6 N–H and O–H groups in total. The number of nitrogens with two attached hydrogens (primary N) is 2.